The topological polar surface area (TPSA) is 572 Å². The Labute approximate surface area is 726 Å². The van der Waals surface area contributed by atoms with Crippen molar-refractivity contribution < 1.29 is 114 Å². The highest BCUT2D eigenvalue weighted by Crippen LogP contribution is 2.52. The summed E-state index contributed by atoms with van der Waals surface area (Å²) in [5.41, 5.74) is 14.9. The van der Waals surface area contributed by atoms with Gasteiger partial charge in [-0.05, 0) is 149 Å². The maximum Gasteiger partial charge on any atom is 0.459 e. The quantitative estimate of drug-likeness (QED) is 0.00992. The lowest BCUT2D eigenvalue weighted by atomic mass is 9.92. The third kappa shape index (κ3) is 21.8. The molecule has 4 fully saturated rings. The van der Waals surface area contributed by atoms with E-state index in [-0.39, 0.29) is 65.5 Å². The van der Waals surface area contributed by atoms with Crippen molar-refractivity contribution in [3.63, 3.8) is 0 Å². The molecule has 0 radical (unpaired) electrons. The summed E-state index contributed by atoms with van der Waals surface area (Å²) in [4.78, 5) is 38.2. The number of fused-ring (bicyclic) bond motifs is 3. The molecule has 15 N–H and O–H groups in total. The van der Waals surface area contributed by atoms with Crippen molar-refractivity contribution in [2.75, 3.05) is 50.2 Å². The minimum atomic E-state index is -4.31. The second-order valence-electron chi connectivity index (χ2n) is 30.7. The third-order valence-electron chi connectivity index (χ3n) is 22.1. The van der Waals surface area contributed by atoms with Crippen molar-refractivity contribution in [3.8, 4) is 35.5 Å². The van der Waals surface area contributed by atoms with Gasteiger partial charge < -0.3 is 89.8 Å². The van der Waals surface area contributed by atoms with Crippen molar-refractivity contribution in [2.24, 2.45) is 11.8 Å². The SMILES string of the molecule is CCC(CC)COC(=O)[C@H](C)N[P@@](=O)(OC[C@H]1O[C@@](C#N)(c2ccc3c(N)ccnn23)[C@H](O)[C@@H]1O)Oc1ccccc1.CCC(CC)COC(=O)[C@H](C)N[P@](=O)(OC[C@H]1O[C@@](C#N)(c2ccc3c(N)ccnn23)[C@H](O)[C@@H]1O)Oc1ccccc1.C[C@H](NP(=O)(OC[C@H]1O[C@@](C#N)(c2ccc3c(N)ccnn23)[C@H](O)[C@@H]1O)Oc1ccccc1)C(=O)OC1CCCCC1. The normalized spacial score (nSPS) is 25.1. The summed E-state index contributed by atoms with van der Waals surface area (Å²) < 4.78 is 114. The highest BCUT2D eigenvalue weighted by molar-refractivity contribution is 7.52. The van der Waals surface area contributed by atoms with E-state index in [1.807, 2.05) is 45.9 Å². The van der Waals surface area contributed by atoms with Gasteiger partial charge in [-0.1, -0.05) is 114 Å². The molecule has 3 aliphatic heterocycles. The second kappa shape index (κ2) is 42.4. The van der Waals surface area contributed by atoms with E-state index in [2.05, 4.69) is 30.6 Å². The van der Waals surface area contributed by atoms with Gasteiger partial charge in [0.05, 0.1) is 83.7 Å². The molecule has 13 rings (SSSR count). The minimum absolute atomic E-state index is 0.136. The zero-order chi connectivity index (χ0) is 90.9. The van der Waals surface area contributed by atoms with Gasteiger partial charge in [0.15, 0.2) is 0 Å². The van der Waals surface area contributed by atoms with E-state index < -0.39 is 151 Å². The van der Waals surface area contributed by atoms with Crippen LogP contribution >= 0.6 is 23.2 Å². The highest BCUT2D eigenvalue weighted by Gasteiger charge is 2.61. The zero-order valence-corrected chi connectivity index (χ0v) is 73.0. The number of anilines is 3. The monoisotopic (exact) mass is 1800 g/mol. The van der Waals surface area contributed by atoms with Crippen LogP contribution in [0.4, 0.5) is 17.1 Å². The zero-order valence-electron chi connectivity index (χ0n) is 70.3. The van der Waals surface area contributed by atoms with Gasteiger partial charge in [0.1, 0.15) is 115 Å². The van der Waals surface area contributed by atoms with Crippen LogP contribution in [-0.2, 0) is 86.9 Å². The number of nitriles is 3. The summed E-state index contributed by atoms with van der Waals surface area (Å²) in [7, 11) is -12.9. The van der Waals surface area contributed by atoms with Gasteiger partial charge in [0.2, 0.25) is 16.8 Å². The molecule has 0 bridgehead atoms. The molecule has 676 valence electrons. The second-order valence-corrected chi connectivity index (χ2v) is 35.8. The standard InChI is InChI=1S/C28H34N5O8P.2C28H36N5O8P/c1-18(27(36)39-19-8-4-2-5-9-19)32-42(37,41-20-10-6-3-7-11-20)38-16-23-25(34)26(35)28(17-29,40-23)24-13-12-22-21(30)14-15-31-33(22)24;2*1-4-19(5-2)15-38-27(36)18(3)32-42(37,41-20-9-7-6-8-10-20)39-16-23-25(34)26(35)28(17-29,40-23)24-12-11-22-21(30)13-14-31-33(22)24/h3,6-7,10-15,18-19,23,25-26,34-35H,2,4-5,8-9,16,30H2,1H3,(H,32,37);2*6-14,18-19,23,25-26,34-35H,4-5,15-16,30H2,1-3H3,(H,32,37)/t18-,23+,25+,26+,28-,42?;18-,23+,25+,26+,28-,42+;18-,23+,25+,26+,28-,42-/m000/s1. The third-order valence-corrected chi connectivity index (χ3v) is 27.0. The Morgan fingerprint density at radius 3 is 1.02 bits per heavy atom. The summed E-state index contributed by atoms with van der Waals surface area (Å²) in [5, 5.41) is 117. The van der Waals surface area contributed by atoms with E-state index in [1.54, 1.807) is 127 Å². The van der Waals surface area contributed by atoms with Gasteiger partial charge in [-0.2, -0.15) is 46.3 Å². The number of aliphatic hydroxyl groups excluding tert-OH is 6. The Morgan fingerprint density at radius 2 is 0.738 bits per heavy atom. The number of rotatable bonds is 36. The number of benzene rings is 3. The van der Waals surface area contributed by atoms with Crippen LogP contribution in [-0.4, -0.2) is 190 Å². The average molecular weight is 1800 g/mol. The number of carbonyl (C=O) groups excluding carboxylic acids is 3. The van der Waals surface area contributed by atoms with Gasteiger partial charge in [0.25, 0.3) is 0 Å². The Balaban J connectivity index is 0.000000183. The van der Waals surface area contributed by atoms with Gasteiger partial charge in [-0.3, -0.25) is 28.0 Å². The van der Waals surface area contributed by atoms with Gasteiger partial charge in [-0.25, -0.2) is 27.2 Å². The van der Waals surface area contributed by atoms with Crippen molar-refractivity contribution in [1.82, 2.24) is 44.1 Å². The first-order valence-electron chi connectivity index (χ1n) is 41.2. The Morgan fingerprint density at radius 1 is 0.452 bits per heavy atom. The number of nitrogens with two attached hydrogens (primary N) is 3. The molecule has 1 aliphatic carbocycles. The molecule has 3 saturated heterocycles. The molecular formula is C84H106N15O24P3. The van der Waals surface area contributed by atoms with E-state index in [1.165, 1.54) is 71.1 Å². The van der Waals surface area contributed by atoms with Crippen molar-refractivity contribution in [2.45, 2.75) is 202 Å². The lowest BCUT2D eigenvalue weighted by molar-refractivity contribution is -0.152. The minimum Gasteiger partial charge on any atom is -0.464 e. The molecule has 9 heterocycles. The molecule has 3 aromatic carbocycles. The maximum atomic E-state index is 14.0. The van der Waals surface area contributed by atoms with Crippen LogP contribution in [0.25, 0.3) is 16.6 Å². The lowest BCUT2D eigenvalue weighted by Crippen LogP contribution is -2.41. The number of carbonyl (C=O) groups is 3. The molecule has 1 unspecified atom stereocenters. The fourth-order valence-corrected chi connectivity index (χ4v) is 19.1. The summed E-state index contributed by atoms with van der Waals surface area (Å²) >= 11 is 0. The number of nitrogen functional groups attached to an aromatic ring is 3. The number of nitrogens with one attached hydrogen (secondary N) is 3. The van der Waals surface area contributed by atoms with Crippen molar-refractivity contribution in [1.29, 1.82) is 15.8 Å². The predicted octanol–water partition coefficient (Wildman–Crippen LogP) is 8.65. The first-order valence-corrected chi connectivity index (χ1v) is 45.8. The number of hydrogen-bond acceptors (Lipinski definition) is 33. The molecule has 9 aromatic rings. The summed E-state index contributed by atoms with van der Waals surface area (Å²) in [6.45, 7) is 11.1. The molecule has 0 spiro atoms. The Bertz CT molecular complexity index is 5240. The molecular weight excluding hydrogens is 1700 g/mol. The number of esters is 3. The molecule has 6 aromatic heterocycles. The van der Waals surface area contributed by atoms with Crippen LogP contribution in [0.2, 0.25) is 0 Å². The van der Waals surface area contributed by atoms with Crippen molar-refractivity contribution in [3.05, 3.63) is 181 Å². The summed E-state index contributed by atoms with van der Waals surface area (Å²) in [5.74, 6) is -0.934. The smallest absolute Gasteiger partial charge is 0.459 e. The fourth-order valence-electron chi connectivity index (χ4n) is 14.6. The number of aliphatic hydroxyl groups is 6. The van der Waals surface area contributed by atoms with E-state index >= 15 is 0 Å². The summed E-state index contributed by atoms with van der Waals surface area (Å²) in [6.07, 6.45) is -1.97. The Kier molecular flexibility index (Phi) is 32.4. The first-order chi connectivity index (χ1) is 60.3. The van der Waals surface area contributed by atoms with Gasteiger partial charge in [0, 0.05) is 18.6 Å². The number of nitrogens with zero attached hydrogens (tertiary/aromatic N) is 9. The van der Waals surface area contributed by atoms with Gasteiger partial charge >= 0.3 is 41.1 Å². The number of aromatic nitrogens is 6. The van der Waals surface area contributed by atoms with Gasteiger partial charge in [-0.15, -0.1) is 0 Å². The van der Waals surface area contributed by atoms with E-state index in [0.717, 1.165) is 57.8 Å². The van der Waals surface area contributed by atoms with E-state index in [9.17, 15) is 74.5 Å². The van der Waals surface area contributed by atoms with Crippen LogP contribution in [0.15, 0.2) is 164 Å². The average Bonchev–Trinajstić information content (AvgIpc) is 1.59. The van der Waals surface area contributed by atoms with E-state index in [0.29, 0.717) is 33.6 Å². The fraction of sp³-hybridized carbons (Fsp3) is 0.464. The molecule has 39 nitrogen and oxygen atoms in total. The highest BCUT2D eigenvalue weighted by atomic mass is 31.2. The molecule has 126 heavy (non-hydrogen) atoms. The predicted molar refractivity (Wildman–Crippen MR) is 454 cm³/mol. The molecule has 4 aliphatic rings. The maximum absolute atomic E-state index is 14.0. The molecule has 42 heteroatoms. The molecule has 1 saturated carbocycles. The number of hydrogen-bond donors (Lipinski definition) is 12. The van der Waals surface area contributed by atoms with Crippen LogP contribution in [0, 0.1) is 45.8 Å². The summed E-state index contributed by atoms with van der Waals surface area (Å²) in [6, 6.07) is 41.3. The van der Waals surface area contributed by atoms with Crippen LogP contribution in [0.5, 0.6) is 17.2 Å². The first kappa shape index (κ1) is 96.1. The van der Waals surface area contributed by atoms with E-state index in [4.69, 9.17) is 72.8 Å². The van der Waals surface area contributed by atoms with Crippen molar-refractivity contribution >= 4 is 74.8 Å². The molecule has 0 amide bonds. The largest absolute Gasteiger partial charge is 0.464 e. The Hall–Kier alpha value is -10.5. The lowest BCUT2D eigenvalue weighted by Gasteiger charge is -2.27. The van der Waals surface area contributed by atoms with Crippen LogP contribution in [0.1, 0.15) is 123 Å². The van der Waals surface area contributed by atoms with Crippen LogP contribution in [0.3, 0.4) is 0 Å². The number of para-hydroxylation sites is 3. The van der Waals surface area contributed by atoms with Crippen LogP contribution < -0.4 is 46.0 Å². The molecule has 18 atom stereocenters. The number of ether oxygens (including phenoxy) is 6.